The number of esters is 1. The van der Waals surface area contributed by atoms with Gasteiger partial charge >= 0.3 is 12.1 Å². The van der Waals surface area contributed by atoms with Crippen molar-refractivity contribution in [2.75, 3.05) is 13.7 Å². The minimum absolute atomic E-state index is 0.200. The molecule has 0 unspecified atom stereocenters. The minimum atomic E-state index is -0.766. The average molecular weight is 145 g/mol. The van der Waals surface area contributed by atoms with Crippen molar-refractivity contribution in [2.24, 2.45) is 0 Å². The van der Waals surface area contributed by atoms with Crippen LogP contribution in [0.4, 0.5) is 4.79 Å². The Balaban J connectivity index is 2.44. The van der Waals surface area contributed by atoms with E-state index < -0.39 is 18.2 Å². The van der Waals surface area contributed by atoms with E-state index in [9.17, 15) is 9.59 Å². The molecule has 0 radical (unpaired) electrons. The molecule has 0 aromatic carbocycles. The third kappa shape index (κ3) is 1.18. The predicted molar refractivity (Wildman–Crippen MR) is 30.3 cm³/mol. The summed E-state index contributed by atoms with van der Waals surface area (Å²) in [6, 6.07) is 0. The Morgan fingerprint density at radius 2 is 2.60 bits per heavy atom. The topological polar surface area (TPSA) is 64.6 Å². The number of alkyl carbamates (subject to hydrolysis) is 1. The highest BCUT2D eigenvalue weighted by Gasteiger charge is 2.29. The Bertz CT molecular complexity index is 167. The summed E-state index contributed by atoms with van der Waals surface area (Å²) < 4.78 is 8.82. The average Bonchev–Trinajstić information content (AvgIpc) is 2.34. The molecule has 0 bridgehead atoms. The van der Waals surface area contributed by atoms with Gasteiger partial charge in [-0.3, -0.25) is 0 Å². The number of rotatable bonds is 1. The highest BCUT2D eigenvalue weighted by Crippen LogP contribution is 2.00. The normalized spacial score (nSPS) is 23.3. The molecule has 1 saturated heterocycles. The van der Waals surface area contributed by atoms with E-state index in [0.29, 0.717) is 0 Å². The summed E-state index contributed by atoms with van der Waals surface area (Å²) in [7, 11) is 1.24. The molecule has 5 nitrogen and oxygen atoms in total. The number of hydrogen-bond acceptors (Lipinski definition) is 4. The lowest BCUT2D eigenvalue weighted by Gasteiger charge is -2.02. The molecule has 0 spiro atoms. The van der Waals surface area contributed by atoms with Crippen molar-refractivity contribution in [2.45, 2.75) is 6.10 Å². The van der Waals surface area contributed by atoms with E-state index in [1.165, 1.54) is 7.11 Å². The van der Waals surface area contributed by atoms with Crippen LogP contribution in [0.5, 0.6) is 0 Å². The molecule has 56 valence electrons. The van der Waals surface area contributed by atoms with Gasteiger partial charge in [0, 0.05) is 0 Å². The molecule has 1 fully saturated rings. The molecular formula is C5H7NO4. The molecular weight excluding hydrogens is 138 g/mol. The Morgan fingerprint density at radius 3 is 3.00 bits per heavy atom. The van der Waals surface area contributed by atoms with Crippen molar-refractivity contribution in [3.63, 3.8) is 0 Å². The van der Waals surface area contributed by atoms with E-state index in [-0.39, 0.29) is 6.54 Å². The molecule has 1 heterocycles. The van der Waals surface area contributed by atoms with Crippen LogP contribution in [0.25, 0.3) is 0 Å². The van der Waals surface area contributed by atoms with Crippen LogP contribution in [-0.4, -0.2) is 31.8 Å². The third-order valence-electron chi connectivity index (χ3n) is 1.15. The summed E-state index contributed by atoms with van der Waals surface area (Å²) >= 11 is 0. The summed E-state index contributed by atoms with van der Waals surface area (Å²) in [5.74, 6) is -0.529. The molecule has 0 aliphatic carbocycles. The largest absolute Gasteiger partial charge is 0.466 e. The second-order valence-electron chi connectivity index (χ2n) is 1.80. The van der Waals surface area contributed by atoms with E-state index >= 15 is 0 Å². The number of amides is 1. The molecule has 1 atom stereocenters. The van der Waals surface area contributed by atoms with Gasteiger partial charge in [0.2, 0.25) is 6.10 Å². The van der Waals surface area contributed by atoms with Crippen LogP contribution in [0.15, 0.2) is 0 Å². The predicted octanol–water partition coefficient (Wildman–Crippen LogP) is -0.732. The van der Waals surface area contributed by atoms with Crippen molar-refractivity contribution >= 4 is 12.1 Å². The maximum absolute atomic E-state index is 10.6. The molecule has 1 N–H and O–H groups in total. The Kier molecular flexibility index (Phi) is 1.75. The summed E-state index contributed by atoms with van der Waals surface area (Å²) in [6.45, 7) is 0.200. The Hall–Kier alpha value is -1.26. The zero-order valence-electron chi connectivity index (χ0n) is 5.42. The molecule has 10 heavy (non-hydrogen) atoms. The number of carbonyl (C=O) groups excluding carboxylic acids is 2. The first-order valence-electron chi connectivity index (χ1n) is 2.76. The minimum Gasteiger partial charge on any atom is -0.466 e. The number of methoxy groups -OCH3 is 1. The molecule has 1 aliphatic rings. The lowest BCUT2D eigenvalue weighted by Crippen LogP contribution is -2.25. The van der Waals surface area contributed by atoms with Gasteiger partial charge in [-0.15, -0.1) is 0 Å². The second kappa shape index (κ2) is 2.55. The van der Waals surface area contributed by atoms with E-state index in [0.717, 1.165) is 0 Å². The van der Waals surface area contributed by atoms with Crippen molar-refractivity contribution in [1.82, 2.24) is 5.32 Å². The number of carbonyl (C=O) groups is 2. The fourth-order valence-corrected chi connectivity index (χ4v) is 0.651. The van der Waals surface area contributed by atoms with Crippen LogP contribution in [0.3, 0.4) is 0 Å². The molecule has 0 aromatic heterocycles. The summed E-state index contributed by atoms with van der Waals surface area (Å²) in [6.07, 6.45) is -1.34. The van der Waals surface area contributed by atoms with Gasteiger partial charge in [0.1, 0.15) is 0 Å². The van der Waals surface area contributed by atoms with E-state index in [2.05, 4.69) is 14.8 Å². The maximum atomic E-state index is 10.6. The van der Waals surface area contributed by atoms with Crippen LogP contribution in [0.1, 0.15) is 0 Å². The Labute approximate surface area is 57.3 Å². The highest BCUT2D eigenvalue weighted by atomic mass is 16.6. The third-order valence-corrected chi connectivity index (χ3v) is 1.15. The SMILES string of the molecule is COC(=O)[C@H]1CNC(=O)O1. The quantitative estimate of drug-likeness (QED) is 0.494. The lowest BCUT2D eigenvalue weighted by atomic mass is 10.4. The molecule has 0 saturated carbocycles. The molecule has 1 rings (SSSR count). The highest BCUT2D eigenvalue weighted by molar-refractivity contribution is 5.82. The second-order valence-corrected chi connectivity index (χ2v) is 1.80. The van der Waals surface area contributed by atoms with Gasteiger partial charge < -0.3 is 14.8 Å². The van der Waals surface area contributed by atoms with Gasteiger partial charge in [-0.25, -0.2) is 9.59 Å². The van der Waals surface area contributed by atoms with Crippen LogP contribution in [0, 0.1) is 0 Å². The van der Waals surface area contributed by atoms with Crippen molar-refractivity contribution in [3.8, 4) is 0 Å². The van der Waals surface area contributed by atoms with Crippen LogP contribution < -0.4 is 5.32 Å². The van der Waals surface area contributed by atoms with Gasteiger partial charge in [0.15, 0.2) is 0 Å². The van der Waals surface area contributed by atoms with Gasteiger partial charge in [-0.2, -0.15) is 0 Å². The number of cyclic esters (lactones) is 1. The number of nitrogens with one attached hydrogen (secondary N) is 1. The van der Waals surface area contributed by atoms with Crippen LogP contribution in [-0.2, 0) is 14.3 Å². The monoisotopic (exact) mass is 145 g/mol. The molecule has 1 aliphatic heterocycles. The summed E-state index contributed by atoms with van der Waals surface area (Å²) in [4.78, 5) is 21.0. The van der Waals surface area contributed by atoms with E-state index in [4.69, 9.17) is 0 Å². The number of ether oxygens (including phenoxy) is 2. The fraction of sp³-hybridized carbons (Fsp3) is 0.600. The summed E-state index contributed by atoms with van der Waals surface area (Å²) in [5.41, 5.74) is 0. The molecule has 5 heteroatoms. The Morgan fingerprint density at radius 1 is 1.90 bits per heavy atom. The maximum Gasteiger partial charge on any atom is 0.408 e. The van der Waals surface area contributed by atoms with Crippen molar-refractivity contribution < 1.29 is 19.1 Å². The molecule has 1 amide bonds. The van der Waals surface area contributed by atoms with Crippen molar-refractivity contribution in [3.05, 3.63) is 0 Å². The zero-order valence-corrected chi connectivity index (χ0v) is 5.42. The lowest BCUT2D eigenvalue weighted by molar-refractivity contribution is -0.148. The first-order chi connectivity index (χ1) is 4.74. The van der Waals surface area contributed by atoms with Gasteiger partial charge in [-0.05, 0) is 0 Å². The first-order valence-corrected chi connectivity index (χ1v) is 2.76. The van der Waals surface area contributed by atoms with Gasteiger partial charge in [0.05, 0.1) is 13.7 Å². The van der Waals surface area contributed by atoms with E-state index in [1.807, 2.05) is 0 Å². The van der Waals surface area contributed by atoms with Gasteiger partial charge in [-0.1, -0.05) is 0 Å². The van der Waals surface area contributed by atoms with E-state index in [1.54, 1.807) is 0 Å². The van der Waals surface area contributed by atoms with Crippen molar-refractivity contribution in [1.29, 1.82) is 0 Å². The standard InChI is InChI=1S/C5H7NO4/c1-9-4(7)3-2-6-5(8)10-3/h3H,2H2,1H3,(H,6,8)/t3-/m1/s1. The molecule has 0 aromatic rings. The number of hydrogen-bond donors (Lipinski definition) is 1. The first kappa shape index (κ1) is 6.85. The zero-order chi connectivity index (χ0) is 7.56. The van der Waals surface area contributed by atoms with Crippen LogP contribution in [0.2, 0.25) is 0 Å². The summed E-state index contributed by atoms with van der Waals surface area (Å²) in [5, 5.41) is 2.32. The van der Waals surface area contributed by atoms with Crippen LogP contribution >= 0.6 is 0 Å². The van der Waals surface area contributed by atoms with Gasteiger partial charge in [0.25, 0.3) is 0 Å². The fourth-order valence-electron chi connectivity index (χ4n) is 0.651. The smallest absolute Gasteiger partial charge is 0.408 e.